The number of amides is 1. The molecule has 3 rings (SSSR count). The van der Waals surface area contributed by atoms with Crippen molar-refractivity contribution in [2.75, 3.05) is 26.2 Å². The molecule has 1 aromatic heterocycles. The number of pyridine rings is 1. The Labute approximate surface area is 190 Å². The predicted molar refractivity (Wildman–Crippen MR) is 116 cm³/mol. The lowest BCUT2D eigenvalue weighted by Gasteiger charge is -2.34. The third kappa shape index (κ3) is 5.64. The number of carbonyl (C=O) groups is 1. The number of hydrogen-bond donors (Lipinski definition) is 0. The minimum Gasteiger partial charge on any atom is -0.339 e. The Bertz CT molecular complexity index is 1180. The fraction of sp³-hybridized carbons (Fsp3) is 0.455. The maximum atomic E-state index is 13.0. The van der Waals surface area contributed by atoms with Crippen LogP contribution >= 0.6 is 0 Å². The zero-order valence-electron chi connectivity index (χ0n) is 18.6. The highest BCUT2D eigenvalue weighted by atomic mass is 32.2. The molecule has 180 valence electrons. The van der Waals surface area contributed by atoms with E-state index in [0.29, 0.717) is 16.8 Å². The van der Waals surface area contributed by atoms with Crippen LogP contribution in [0.5, 0.6) is 0 Å². The zero-order chi connectivity index (χ0) is 24.6. The topological polar surface area (TPSA) is 79.7 Å². The molecule has 11 heteroatoms. The summed E-state index contributed by atoms with van der Waals surface area (Å²) in [5, 5.41) is 0. The predicted octanol–water partition coefficient (Wildman–Crippen LogP) is 2.70. The van der Waals surface area contributed by atoms with E-state index in [2.05, 4.69) is 0 Å². The van der Waals surface area contributed by atoms with Crippen LogP contribution in [0, 0.1) is 0 Å². The maximum absolute atomic E-state index is 13.0. The number of hydrogen-bond acceptors (Lipinski definition) is 4. The van der Waals surface area contributed by atoms with E-state index in [1.807, 2.05) is 20.8 Å². The summed E-state index contributed by atoms with van der Waals surface area (Å²) in [6, 6.07) is 8.12. The van der Waals surface area contributed by atoms with E-state index in [-0.39, 0.29) is 36.5 Å². The van der Waals surface area contributed by atoms with Gasteiger partial charge in [0.2, 0.25) is 15.9 Å². The van der Waals surface area contributed by atoms with Gasteiger partial charge in [0.05, 0.1) is 10.5 Å². The van der Waals surface area contributed by atoms with Gasteiger partial charge in [0, 0.05) is 38.4 Å². The fourth-order valence-electron chi connectivity index (χ4n) is 3.52. The highest BCUT2D eigenvalue weighted by molar-refractivity contribution is 7.89. The van der Waals surface area contributed by atoms with Gasteiger partial charge in [-0.15, -0.1) is 0 Å². The van der Waals surface area contributed by atoms with Crippen LogP contribution in [0.3, 0.4) is 0 Å². The van der Waals surface area contributed by atoms with Crippen LogP contribution in [-0.2, 0) is 33.0 Å². The largest absolute Gasteiger partial charge is 0.417 e. The van der Waals surface area contributed by atoms with Gasteiger partial charge in [-0.3, -0.25) is 9.59 Å². The van der Waals surface area contributed by atoms with Gasteiger partial charge in [-0.1, -0.05) is 32.9 Å². The number of nitrogens with zero attached hydrogens (tertiary/aromatic N) is 3. The smallest absolute Gasteiger partial charge is 0.339 e. The molecule has 1 aromatic carbocycles. The molecule has 0 spiro atoms. The van der Waals surface area contributed by atoms with Crippen molar-refractivity contribution < 1.29 is 26.4 Å². The molecular weight excluding hydrogens is 459 g/mol. The van der Waals surface area contributed by atoms with Crippen molar-refractivity contribution >= 4 is 15.9 Å². The molecule has 1 aliphatic heterocycles. The van der Waals surface area contributed by atoms with Crippen molar-refractivity contribution in [3.63, 3.8) is 0 Å². The van der Waals surface area contributed by atoms with E-state index in [1.54, 1.807) is 24.3 Å². The molecule has 0 saturated carbocycles. The van der Waals surface area contributed by atoms with Crippen molar-refractivity contribution in [2.45, 2.75) is 43.8 Å². The monoisotopic (exact) mass is 485 g/mol. The number of aromatic nitrogens is 1. The summed E-state index contributed by atoms with van der Waals surface area (Å²) in [6.45, 7) is 5.78. The van der Waals surface area contributed by atoms with Crippen LogP contribution in [0.15, 0.2) is 52.3 Å². The molecule has 0 radical (unpaired) electrons. The highest BCUT2D eigenvalue weighted by Crippen LogP contribution is 2.28. The fourth-order valence-corrected chi connectivity index (χ4v) is 4.94. The van der Waals surface area contributed by atoms with Crippen molar-refractivity contribution in [3.8, 4) is 0 Å². The SMILES string of the molecule is CC(C)(C)c1ccc(S(=O)(=O)N2CCN(C(=O)Cn3cc(C(F)(F)F)ccc3=O)CC2)cc1. The summed E-state index contributed by atoms with van der Waals surface area (Å²) in [5.74, 6) is -0.553. The number of alkyl halides is 3. The zero-order valence-corrected chi connectivity index (χ0v) is 19.4. The van der Waals surface area contributed by atoms with Crippen LogP contribution in [-0.4, -0.2) is 54.3 Å². The number of piperazine rings is 1. The number of sulfonamides is 1. The molecule has 0 N–H and O–H groups in total. The minimum atomic E-state index is -4.64. The Kier molecular flexibility index (Phi) is 6.77. The quantitative estimate of drug-likeness (QED) is 0.667. The third-order valence-corrected chi connectivity index (χ3v) is 7.48. The summed E-state index contributed by atoms with van der Waals surface area (Å²) in [5.41, 5.74) is -0.864. The first-order valence-electron chi connectivity index (χ1n) is 10.4. The van der Waals surface area contributed by atoms with Crippen LogP contribution in [0.2, 0.25) is 0 Å². The number of carbonyl (C=O) groups excluding carboxylic acids is 1. The molecule has 0 unspecified atom stereocenters. The van der Waals surface area contributed by atoms with E-state index < -0.39 is 39.8 Å². The van der Waals surface area contributed by atoms with Crippen LogP contribution in [0.4, 0.5) is 13.2 Å². The second-order valence-electron chi connectivity index (χ2n) is 8.94. The number of benzene rings is 1. The lowest BCUT2D eigenvalue weighted by molar-refractivity contribution is -0.139. The Morgan fingerprint density at radius 3 is 1.97 bits per heavy atom. The Hall–Kier alpha value is -2.66. The lowest BCUT2D eigenvalue weighted by atomic mass is 9.87. The molecule has 0 bridgehead atoms. The van der Waals surface area contributed by atoms with Gasteiger partial charge in [-0.2, -0.15) is 17.5 Å². The van der Waals surface area contributed by atoms with E-state index in [1.165, 1.54) is 9.21 Å². The van der Waals surface area contributed by atoms with Crippen LogP contribution < -0.4 is 5.56 Å². The molecule has 1 amide bonds. The molecule has 7 nitrogen and oxygen atoms in total. The van der Waals surface area contributed by atoms with Gasteiger partial charge in [-0.05, 0) is 29.2 Å². The second-order valence-corrected chi connectivity index (χ2v) is 10.9. The average Bonchev–Trinajstić information content (AvgIpc) is 2.74. The Morgan fingerprint density at radius 2 is 1.45 bits per heavy atom. The molecule has 2 aromatic rings. The normalized spacial score (nSPS) is 16.1. The lowest BCUT2D eigenvalue weighted by Crippen LogP contribution is -2.51. The summed E-state index contributed by atoms with van der Waals surface area (Å²) in [6.07, 6.45) is -4.02. The number of rotatable bonds is 4. The first-order chi connectivity index (χ1) is 15.2. The highest BCUT2D eigenvalue weighted by Gasteiger charge is 2.32. The van der Waals surface area contributed by atoms with Gasteiger partial charge in [0.1, 0.15) is 6.54 Å². The first kappa shape index (κ1) is 25.0. The van der Waals surface area contributed by atoms with E-state index in [4.69, 9.17) is 0 Å². The van der Waals surface area contributed by atoms with Crippen molar-refractivity contribution in [1.29, 1.82) is 0 Å². The van der Waals surface area contributed by atoms with Gasteiger partial charge in [0.15, 0.2) is 0 Å². The molecule has 0 aliphatic carbocycles. The average molecular weight is 486 g/mol. The summed E-state index contributed by atoms with van der Waals surface area (Å²) in [7, 11) is -3.75. The molecule has 2 heterocycles. The van der Waals surface area contributed by atoms with Crippen molar-refractivity contribution in [1.82, 2.24) is 13.8 Å². The summed E-state index contributed by atoms with van der Waals surface area (Å²) in [4.78, 5) is 25.9. The van der Waals surface area contributed by atoms with Crippen molar-refractivity contribution in [2.24, 2.45) is 0 Å². The molecule has 0 atom stereocenters. The molecule has 1 aliphatic rings. The maximum Gasteiger partial charge on any atom is 0.417 e. The summed E-state index contributed by atoms with van der Waals surface area (Å²) >= 11 is 0. The second kappa shape index (κ2) is 8.94. The molecule has 1 fully saturated rings. The Balaban J connectivity index is 1.66. The standard InChI is InChI=1S/C22H26F3N3O4S/c1-21(2,3)16-4-7-18(8-5-16)33(31,32)28-12-10-26(11-13-28)20(30)15-27-14-17(22(23,24)25)6-9-19(27)29/h4-9,14H,10-13,15H2,1-3H3. The van der Waals surface area contributed by atoms with Gasteiger partial charge >= 0.3 is 6.18 Å². The summed E-state index contributed by atoms with van der Waals surface area (Å²) < 4.78 is 66.6. The molecular formula is C22H26F3N3O4S. The van der Waals surface area contributed by atoms with Crippen LogP contribution in [0.1, 0.15) is 31.9 Å². The van der Waals surface area contributed by atoms with Gasteiger partial charge in [0.25, 0.3) is 5.56 Å². The van der Waals surface area contributed by atoms with Gasteiger partial charge < -0.3 is 9.47 Å². The van der Waals surface area contributed by atoms with E-state index >= 15 is 0 Å². The minimum absolute atomic E-state index is 0.0482. The van der Waals surface area contributed by atoms with E-state index in [0.717, 1.165) is 11.6 Å². The molecule has 1 saturated heterocycles. The Morgan fingerprint density at radius 1 is 0.909 bits per heavy atom. The van der Waals surface area contributed by atoms with Crippen molar-refractivity contribution in [3.05, 3.63) is 64.1 Å². The third-order valence-electron chi connectivity index (χ3n) is 5.57. The first-order valence-corrected chi connectivity index (χ1v) is 11.8. The van der Waals surface area contributed by atoms with E-state index in [9.17, 15) is 31.2 Å². The number of halogens is 3. The van der Waals surface area contributed by atoms with Crippen LogP contribution in [0.25, 0.3) is 0 Å². The molecule has 33 heavy (non-hydrogen) atoms. The van der Waals surface area contributed by atoms with Gasteiger partial charge in [-0.25, -0.2) is 8.42 Å².